The maximum absolute atomic E-state index is 5.55. The number of benzene rings is 1. The molecule has 0 amide bonds. The highest BCUT2D eigenvalue weighted by atomic mass is 16.5. The standard InChI is InChI=1S/C19H29N5O/c1-3-4-14-25-15-6-11-21-19(20-2)22-16-17-7-9-18(10-8-17)24-13-5-12-23-24/h5,7-10,12-13H,3-4,6,11,14-16H2,1-2H3,(H2,20,21,22). The first kappa shape index (κ1) is 19.0. The Morgan fingerprint density at radius 2 is 1.96 bits per heavy atom. The van der Waals surface area contributed by atoms with E-state index in [2.05, 4.69) is 51.9 Å². The van der Waals surface area contributed by atoms with Crippen LogP contribution in [0.4, 0.5) is 0 Å². The summed E-state index contributed by atoms with van der Waals surface area (Å²) in [5.74, 6) is 0.810. The normalized spacial score (nSPS) is 11.5. The second-order valence-corrected chi connectivity index (χ2v) is 5.79. The fourth-order valence-electron chi connectivity index (χ4n) is 2.32. The number of hydrogen-bond donors (Lipinski definition) is 2. The number of nitrogens with zero attached hydrogens (tertiary/aromatic N) is 3. The summed E-state index contributed by atoms with van der Waals surface area (Å²) in [6, 6.07) is 10.2. The Morgan fingerprint density at radius 1 is 1.16 bits per heavy atom. The Hall–Kier alpha value is -2.34. The van der Waals surface area contributed by atoms with Crippen LogP contribution < -0.4 is 10.6 Å². The molecule has 0 saturated carbocycles. The van der Waals surface area contributed by atoms with E-state index in [1.165, 1.54) is 12.0 Å². The Kier molecular flexibility index (Phi) is 8.55. The van der Waals surface area contributed by atoms with E-state index >= 15 is 0 Å². The molecule has 2 aromatic rings. The first-order chi connectivity index (χ1) is 12.3. The quantitative estimate of drug-likeness (QED) is 0.396. The molecule has 0 spiro atoms. The fraction of sp³-hybridized carbons (Fsp3) is 0.474. The van der Waals surface area contributed by atoms with Gasteiger partial charge in [-0.3, -0.25) is 4.99 Å². The van der Waals surface area contributed by atoms with Crippen LogP contribution >= 0.6 is 0 Å². The fourth-order valence-corrected chi connectivity index (χ4v) is 2.32. The zero-order valence-corrected chi connectivity index (χ0v) is 15.2. The average Bonchev–Trinajstić information content (AvgIpc) is 3.18. The van der Waals surface area contributed by atoms with Gasteiger partial charge in [-0.2, -0.15) is 5.10 Å². The molecule has 0 aliphatic rings. The van der Waals surface area contributed by atoms with E-state index in [1.807, 2.05) is 16.9 Å². The van der Waals surface area contributed by atoms with Gasteiger partial charge in [0.1, 0.15) is 0 Å². The zero-order chi connectivity index (χ0) is 17.7. The first-order valence-electron chi connectivity index (χ1n) is 8.94. The highest BCUT2D eigenvalue weighted by Crippen LogP contribution is 2.08. The molecule has 0 aliphatic carbocycles. The lowest BCUT2D eigenvalue weighted by Gasteiger charge is -2.12. The van der Waals surface area contributed by atoms with E-state index in [4.69, 9.17) is 4.74 Å². The van der Waals surface area contributed by atoms with E-state index in [1.54, 1.807) is 13.2 Å². The number of ether oxygens (including phenoxy) is 1. The maximum atomic E-state index is 5.55. The molecule has 2 N–H and O–H groups in total. The summed E-state index contributed by atoms with van der Waals surface area (Å²) in [6.07, 6.45) is 7.00. The number of unbranched alkanes of at least 4 members (excludes halogenated alkanes) is 1. The molecule has 1 heterocycles. The van der Waals surface area contributed by atoms with Gasteiger partial charge in [0.25, 0.3) is 0 Å². The van der Waals surface area contributed by atoms with E-state index in [0.29, 0.717) is 0 Å². The molecular formula is C19H29N5O. The molecule has 1 aromatic carbocycles. The Morgan fingerprint density at radius 3 is 2.64 bits per heavy atom. The van der Waals surface area contributed by atoms with Gasteiger partial charge >= 0.3 is 0 Å². The van der Waals surface area contributed by atoms with Crippen LogP contribution in [0, 0.1) is 0 Å². The van der Waals surface area contributed by atoms with Crippen LogP contribution in [0.25, 0.3) is 5.69 Å². The first-order valence-corrected chi connectivity index (χ1v) is 8.94. The van der Waals surface area contributed by atoms with E-state index in [-0.39, 0.29) is 0 Å². The summed E-state index contributed by atoms with van der Waals surface area (Å²) in [5, 5.41) is 10.9. The molecular weight excluding hydrogens is 314 g/mol. The zero-order valence-electron chi connectivity index (χ0n) is 15.2. The highest BCUT2D eigenvalue weighted by molar-refractivity contribution is 5.79. The predicted octanol–water partition coefficient (Wildman–Crippen LogP) is 2.74. The smallest absolute Gasteiger partial charge is 0.191 e. The molecule has 25 heavy (non-hydrogen) atoms. The van der Waals surface area contributed by atoms with Crippen molar-refractivity contribution in [2.24, 2.45) is 4.99 Å². The molecule has 1 aromatic heterocycles. The van der Waals surface area contributed by atoms with Crippen LogP contribution in [-0.2, 0) is 11.3 Å². The van der Waals surface area contributed by atoms with Gasteiger partial charge in [-0.1, -0.05) is 25.5 Å². The second kappa shape index (κ2) is 11.3. The van der Waals surface area contributed by atoms with Crippen LogP contribution in [0.3, 0.4) is 0 Å². The number of rotatable bonds is 10. The Balaban J connectivity index is 1.66. The van der Waals surface area contributed by atoms with Crippen molar-refractivity contribution in [2.45, 2.75) is 32.7 Å². The van der Waals surface area contributed by atoms with Crippen molar-refractivity contribution in [2.75, 3.05) is 26.8 Å². The lowest BCUT2D eigenvalue weighted by molar-refractivity contribution is 0.129. The predicted molar refractivity (Wildman–Crippen MR) is 102 cm³/mol. The minimum absolute atomic E-state index is 0.728. The third kappa shape index (κ3) is 6.97. The third-order valence-electron chi connectivity index (χ3n) is 3.79. The van der Waals surface area contributed by atoms with E-state index < -0.39 is 0 Å². The molecule has 0 radical (unpaired) electrons. The molecule has 6 nitrogen and oxygen atoms in total. The molecule has 0 aliphatic heterocycles. The van der Waals surface area contributed by atoms with Crippen LogP contribution in [0.5, 0.6) is 0 Å². The third-order valence-corrected chi connectivity index (χ3v) is 3.79. The van der Waals surface area contributed by atoms with Crippen molar-refractivity contribution in [3.63, 3.8) is 0 Å². The monoisotopic (exact) mass is 343 g/mol. The SMILES string of the molecule is CCCCOCCCNC(=NC)NCc1ccc(-n2cccn2)cc1. The number of nitrogens with one attached hydrogen (secondary N) is 2. The van der Waals surface area contributed by atoms with E-state index in [0.717, 1.165) is 50.8 Å². The second-order valence-electron chi connectivity index (χ2n) is 5.79. The molecule has 2 rings (SSSR count). The largest absolute Gasteiger partial charge is 0.381 e. The van der Waals surface area contributed by atoms with Gasteiger partial charge in [-0.05, 0) is 36.6 Å². The van der Waals surface area contributed by atoms with Crippen LogP contribution in [-0.4, -0.2) is 42.5 Å². The van der Waals surface area contributed by atoms with Crippen LogP contribution in [0.1, 0.15) is 31.7 Å². The van der Waals surface area contributed by atoms with Gasteiger partial charge in [0, 0.05) is 45.7 Å². The van der Waals surface area contributed by atoms with Crippen LogP contribution in [0.2, 0.25) is 0 Å². The number of guanidine groups is 1. The Bertz CT molecular complexity index is 607. The molecule has 0 atom stereocenters. The summed E-state index contributed by atoms with van der Waals surface area (Å²) in [6.45, 7) is 5.40. The summed E-state index contributed by atoms with van der Waals surface area (Å²) in [5.41, 5.74) is 2.25. The maximum Gasteiger partial charge on any atom is 0.191 e. The van der Waals surface area contributed by atoms with Crippen molar-refractivity contribution in [3.05, 3.63) is 48.3 Å². The summed E-state index contributed by atoms with van der Waals surface area (Å²) in [4.78, 5) is 4.25. The summed E-state index contributed by atoms with van der Waals surface area (Å²) < 4.78 is 7.40. The van der Waals surface area contributed by atoms with Gasteiger partial charge in [0.15, 0.2) is 5.96 Å². The van der Waals surface area contributed by atoms with Gasteiger partial charge < -0.3 is 15.4 Å². The number of aromatic nitrogens is 2. The summed E-state index contributed by atoms with van der Waals surface area (Å²) >= 11 is 0. The van der Waals surface area contributed by atoms with Crippen molar-refractivity contribution in [3.8, 4) is 5.69 Å². The molecule has 6 heteroatoms. The number of aliphatic imine (C=N–C) groups is 1. The van der Waals surface area contributed by atoms with Crippen molar-refractivity contribution >= 4 is 5.96 Å². The van der Waals surface area contributed by atoms with Gasteiger partial charge in [-0.15, -0.1) is 0 Å². The molecule has 0 saturated heterocycles. The van der Waals surface area contributed by atoms with Crippen molar-refractivity contribution < 1.29 is 4.74 Å². The van der Waals surface area contributed by atoms with Gasteiger partial charge in [-0.25, -0.2) is 4.68 Å². The van der Waals surface area contributed by atoms with Crippen LogP contribution in [0.15, 0.2) is 47.7 Å². The van der Waals surface area contributed by atoms with Gasteiger partial charge in [0.2, 0.25) is 0 Å². The molecule has 136 valence electrons. The average molecular weight is 343 g/mol. The summed E-state index contributed by atoms with van der Waals surface area (Å²) in [7, 11) is 1.79. The van der Waals surface area contributed by atoms with E-state index in [9.17, 15) is 0 Å². The number of hydrogen-bond acceptors (Lipinski definition) is 3. The Labute approximate surface area is 150 Å². The molecule has 0 fully saturated rings. The minimum atomic E-state index is 0.728. The van der Waals surface area contributed by atoms with Crippen molar-refractivity contribution in [1.29, 1.82) is 0 Å². The highest BCUT2D eigenvalue weighted by Gasteiger charge is 2.00. The van der Waals surface area contributed by atoms with Gasteiger partial charge in [0.05, 0.1) is 5.69 Å². The lowest BCUT2D eigenvalue weighted by Crippen LogP contribution is -2.37. The lowest BCUT2D eigenvalue weighted by atomic mass is 10.2. The minimum Gasteiger partial charge on any atom is -0.381 e. The molecule has 0 bridgehead atoms. The molecule has 0 unspecified atom stereocenters. The van der Waals surface area contributed by atoms with Crippen molar-refractivity contribution in [1.82, 2.24) is 20.4 Å². The topological polar surface area (TPSA) is 63.5 Å².